The predicted molar refractivity (Wildman–Crippen MR) is 83.3 cm³/mol. The maximum absolute atomic E-state index is 12.5. The Labute approximate surface area is 129 Å². The molecule has 0 bridgehead atoms. The zero-order chi connectivity index (χ0) is 15.3. The molecule has 0 aromatic carbocycles. The summed E-state index contributed by atoms with van der Waals surface area (Å²) in [5.41, 5.74) is 5.55. The van der Waals surface area contributed by atoms with Crippen molar-refractivity contribution in [3.63, 3.8) is 0 Å². The number of amides is 1. The van der Waals surface area contributed by atoms with E-state index in [9.17, 15) is 4.79 Å². The predicted octanol–water partition coefficient (Wildman–Crippen LogP) is 1.50. The van der Waals surface area contributed by atoms with Gasteiger partial charge in [0.25, 0.3) is 0 Å². The van der Waals surface area contributed by atoms with E-state index >= 15 is 0 Å². The third-order valence-electron chi connectivity index (χ3n) is 3.54. The van der Waals surface area contributed by atoms with E-state index in [1.807, 2.05) is 6.92 Å². The van der Waals surface area contributed by atoms with Gasteiger partial charge in [0.2, 0.25) is 11.8 Å². The number of hydrogen-bond acceptors (Lipinski definition) is 5. The lowest BCUT2D eigenvalue weighted by Gasteiger charge is -2.34. The van der Waals surface area contributed by atoms with Crippen molar-refractivity contribution < 1.29 is 14.3 Å². The normalized spacial score (nSPS) is 17.0. The molecule has 1 aromatic heterocycles. The molecule has 0 unspecified atom stereocenters. The summed E-state index contributed by atoms with van der Waals surface area (Å²) < 4.78 is 10.6. The van der Waals surface area contributed by atoms with E-state index in [2.05, 4.69) is 10.3 Å². The molecule has 0 atom stereocenters. The van der Waals surface area contributed by atoms with E-state index in [0.29, 0.717) is 44.2 Å². The number of anilines is 1. The second kappa shape index (κ2) is 6.82. The van der Waals surface area contributed by atoms with Crippen LogP contribution in [0.3, 0.4) is 0 Å². The number of nitrogens with two attached hydrogens (primary N) is 1. The Kier molecular flexibility index (Phi) is 5.08. The molecule has 7 heteroatoms. The van der Waals surface area contributed by atoms with E-state index in [1.54, 1.807) is 18.3 Å². The molecule has 1 aliphatic rings. The van der Waals surface area contributed by atoms with Crippen LogP contribution in [0, 0.1) is 5.41 Å². The second-order valence-electron chi connectivity index (χ2n) is 4.83. The molecule has 1 fully saturated rings. The first-order valence-electron chi connectivity index (χ1n) is 6.86. The summed E-state index contributed by atoms with van der Waals surface area (Å²) in [7, 11) is 0. The van der Waals surface area contributed by atoms with Crippen LogP contribution in [-0.2, 0) is 9.53 Å². The highest BCUT2D eigenvalue weighted by Crippen LogP contribution is 2.32. The van der Waals surface area contributed by atoms with Crippen LogP contribution < -0.4 is 15.8 Å². The molecule has 1 amide bonds. The Bertz CT molecular complexity index is 513. The van der Waals surface area contributed by atoms with Gasteiger partial charge in [0.1, 0.15) is 5.41 Å². The van der Waals surface area contributed by atoms with Crippen molar-refractivity contribution in [2.75, 3.05) is 25.1 Å². The Morgan fingerprint density at radius 1 is 1.52 bits per heavy atom. The molecular formula is C14H19N3O3S. The lowest BCUT2D eigenvalue weighted by Crippen LogP contribution is -2.49. The average molecular weight is 309 g/mol. The van der Waals surface area contributed by atoms with E-state index < -0.39 is 5.41 Å². The van der Waals surface area contributed by atoms with Gasteiger partial charge >= 0.3 is 0 Å². The minimum atomic E-state index is -0.841. The average Bonchev–Trinajstić information content (AvgIpc) is 2.50. The smallest absolute Gasteiger partial charge is 0.237 e. The molecule has 0 radical (unpaired) electrons. The van der Waals surface area contributed by atoms with Crippen LogP contribution in [-0.4, -0.2) is 35.7 Å². The zero-order valence-electron chi connectivity index (χ0n) is 11.9. The number of ether oxygens (including phenoxy) is 2. The van der Waals surface area contributed by atoms with Gasteiger partial charge in [0.05, 0.1) is 23.5 Å². The third kappa shape index (κ3) is 3.48. The topological polar surface area (TPSA) is 86.5 Å². The van der Waals surface area contributed by atoms with Crippen LogP contribution in [0.15, 0.2) is 18.3 Å². The minimum Gasteiger partial charge on any atom is -0.478 e. The van der Waals surface area contributed by atoms with Crippen molar-refractivity contribution >= 4 is 28.8 Å². The molecule has 6 nitrogen and oxygen atoms in total. The molecule has 21 heavy (non-hydrogen) atoms. The Balaban J connectivity index is 2.09. The van der Waals surface area contributed by atoms with Crippen LogP contribution >= 0.6 is 12.2 Å². The molecule has 2 rings (SSSR count). The monoisotopic (exact) mass is 309 g/mol. The van der Waals surface area contributed by atoms with E-state index in [4.69, 9.17) is 27.4 Å². The van der Waals surface area contributed by atoms with Gasteiger partial charge in [-0.05, 0) is 25.8 Å². The van der Waals surface area contributed by atoms with E-state index in [0.717, 1.165) is 0 Å². The summed E-state index contributed by atoms with van der Waals surface area (Å²) >= 11 is 5.10. The molecule has 0 saturated carbocycles. The summed E-state index contributed by atoms with van der Waals surface area (Å²) in [4.78, 5) is 16.9. The van der Waals surface area contributed by atoms with Crippen LogP contribution in [0.5, 0.6) is 5.88 Å². The molecule has 1 saturated heterocycles. The zero-order valence-corrected chi connectivity index (χ0v) is 12.7. The standard InChI is InChI=1S/C14H19N3O3S/c1-2-20-11-4-3-10(9-16-11)17-13(18)14(12(15)21)5-7-19-8-6-14/h3-4,9H,2,5-8H2,1H3,(H2,15,21)(H,17,18). The Morgan fingerprint density at radius 3 is 2.76 bits per heavy atom. The highest BCUT2D eigenvalue weighted by molar-refractivity contribution is 7.80. The van der Waals surface area contributed by atoms with Crippen LogP contribution in [0.1, 0.15) is 19.8 Å². The molecule has 0 spiro atoms. The van der Waals surface area contributed by atoms with E-state index in [1.165, 1.54) is 0 Å². The van der Waals surface area contributed by atoms with E-state index in [-0.39, 0.29) is 10.9 Å². The SMILES string of the molecule is CCOc1ccc(NC(=O)C2(C(N)=S)CCOCC2)cn1. The Morgan fingerprint density at radius 2 is 2.24 bits per heavy atom. The number of rotatable bonds is 5. The number of nitrogens with one attached hydrogen (secondary N) is 1. The molecule has 114 valence electrons. The molecule has 1 aliphatic heterocycles. The molecule has 2 heterocycles. The number of carbonyl (C=O) groups is 1. The largest absolute Gasteiger partial charge is 0.478 e. The number of carbonyl (C=O) groups excluding carboxylic acids is 1. The van der Waals surface area contributed by atoms with Crippen LogP contribution in [0.4, 0.5) is 5.69 Å². The van der Waals surface area contributed by atoms with Gasteiger partial charge in [0.15, 0.2) is 0 Å². The van der Waals surface area contributed by atoms with Gasteiger partial charge in [-0.25, -0.2) is 4.98 Å². The third-order valence-corrected chi connectivity index (χ3v) is 3.93. The van der Waals surface area contributed by atoms with Gasteiger partial charge in [-0.1, -0.05) is 12.2 Å². The first-order valence-corrected chi connectivity index (χ1v) is 7.27. The fourth-order valence-electron chi connectivity index (χ4n) is 2.24. The lowest BCUT2D eigenvalue weighted by molar-refractivity contribution is -0.126. The molecule has 3 N–H and O–H groups in total. The molecule has 0 aliphatic carbocycles. The second-order valence-corrected chi connectivity index (χ2v) is 5.27. The van der Waals surface area contributed by atoms with Gasteiger partial charge in [-0.3, -0.25) is 4.79 Å². The van der Waals surface area contributed by atoms with Crippen molar-refractivity contribution in [1.29, 1.82) is 0 Å². The lowest BCUT2D eigenvalue weighted by atomic mass is 9.79. The van der Waals surface area contributed by atoms with Crippen LogP contribution in [0.2, 0.25) is 0 Å². The summed E-state index contributed by atoms with van der Waals surface area (Å²) in [6.45, 7) is 3.39. The highest BCUT2D eigenvalue weighted by atomic mass is 32.1. The fraction of sp³-hybridized carbons (Fsp3) is 0.500. The van der Waals surface area contributed by atoms with Crippen molar-refractivity contribution in [3.8, 4) is 5.88 Å². The van der Waals surface area contributed by atoms with Gasteiger partial charge in [0, 0.05) is 19.3 Å². The number of hydrogen-bond donors (Lipinski definition) is 2. The number of pyridine rings is 1. The first kappa shape index (κ1) is 15.7. The fourth-order valence-corrected chi connectivity index (χ4v) is 2.54. The van der Waals surface area contributed by atoms with Gasteiger partial charge < -0.3 is 20.5 Å². The minimum absolute atomic E-state index is 0.204. The molecular weight excluding hydrogens is 290 g/mol. The maximum atomic E-state index is 12.5. The van der Waals surface area contributed by atoms with Crippen molar-refractivity contribution in [2.24, 2.45) is 11.1 Å². The number of nitrogens with zero attached hydrogens (tertiary/aromatic N) is 1. The summed E-state index contributed by atoms with van der Waals surface area (Å²) in [6, 6.07) is 3.44. The van der Waals surface area contributed by atoms with Gasteiger partial charge in [-0.15, -0.1) is 0 Å². The quantitative estimate of drug-likeness (QED) is 0.802. The molecule has 1 aromatic rings. The summed E-state index contributed by atoms with van der Waals surface area (Å²) in [5, 5.41) is 2.82. The number of thiocarbonyl (C=S) groups is 1. The summed E-state index contributed by atoms with van der Waals surface area (Å²) in [5.74, 6) is 0.315. The first-order chi connectivity index (χ1) is 10.1. The van der Waals surface area contributed by atoms with Crippen molar-refractivity contribution in [3.05, 3.63) is 18.3 Å². The van der Waals surface area contributed by atoms with Crippen LogP contribution in [0.25, 0.3) is 0 Å². The number of aromatic nitrogens is 1. The summed E-state index contributed by atoms with van der Waals surface area (Å²) in [6.07, 6.45) is 2.55. The van der Waals surface area contributed by atoms with Crippen molar-refractivity contribution in [1.82, 2.24) is 4.98 Å². The van der Waals surface area contributed by atoms with Gasteiger partial charge in [-0.2, -0.15) is 0 Å². The van der Waals surface area contributed by atoms with Crippen molar-refractivity contribution in [2.45, 2.75) is 19.8 Å². The Hall–Kier alpha value is -1.73. The maximum Gasteiger partial charge on any atom is 0.237 e. The highest BCUT2D eigenvalue weighted by Gasteiger charge is 2.43.